The van der Waals surface area contributed by atoms with Gasteiger partial charge in [-0.2, -0.15) is 0 Å². The third-order valence-electron chi connectivity index (χ3n) is 2.62. The lowest BCUT2D eigenvalue weighted by molar-refractivity contribution is -0.793. The lowest BCUT2D eigenvalue weighted by atomic mass is 10.2. The quantitative estimate of drug-likeness (QED) is 0.456. The molecule has 0 saturated carbocycles. The van der Waals surface area contributed by atoms with Crippen LogP contribution in [0.1, 0.15) is 26.2 Å². The number of unbranched alkanes of at least 4 members (excludes halogenated alkanes) is 2. The van der Waals surface area contributed by atoms with Crippen LogP contribution in [0.3, 0.4) is 0 Å². The second-order valence-electron chi connectivity index (χ2n) is 4.01. The summed E-state index contributed by atoms with van der Waals surface area (Å²) in [6.45, 7) is 2.17. The van der Waals surface area contributed by atoms with Gasteiger partial charge in [-0.25, -0.2) is 0 Å². The van der Waals surface area contributed by atoms with Gasteiger partial charge in [0.15, 0.2) is 0 Å². The molecule has 0 bridgehead atoms. The highest BCUT2D eigenvalue weighted by Crippen LogP contribution is 2.27. The number of hydrogen-bond acceptors (Lipinski definition) is 4. The molecule has 0 N–H and O–H groups in total. The summed E-state index contributed by atoms with van der Waals surface area (Å²) >= 11 is 1.58. The molecule has 0 aliphatic heterocycles. The van der Waals surface area contributed by atoms with Crippen molar-refractivity contribution >= 4 is 11.8 Å². The molecule has 0 saturated heterocycles. The van der Waals surface area contributed by atoms with Crippen LogP contribution < -0.4 is 4.90 Å². The molecule has 0 unspecified atom stereocenters. The minimum atomic E-state index is 0.484. The zero-order chi connectivity index (χ0) is 12.8. The molecule has 5 heteroatoms. The molecule has 0 fully saturated rings. The molecule has 4 nitrogen and oxygen atoms in total. The maximum Gasteiger partial charge on any atom is 0.282 e. The minimum absolute atomic E-state index is 0.484. The van der Waals surface area contributed by atoms with Crippen molar-refractivity contribution in [3.63, 3.8) is 0 Å². The smallest absolute Gasteiger partial charge is 0.282 e. The minimum Gasteiger partial charge on any atom is -0.359 e. The summed E-state index contributed by atoms with van der Waals surface area (Å²) in [6, 6.07) is 9.48. The molecule has 96 valence electrons. The van der Waals surface area contributed by atoms with Gasteiger partial charge in [-0.1, -0.05) is 61.9 Å². The average Bonchev–Trinajstić information content (AvgIpc) is 2.77. The summed E-state index contributed by atoms with van der Waals surface area (Å²) in [5, 5.41) is 16.1. The second kappa shape index (κ2) is 6.44. The summed E-state index contributed by atoms with van der Waals surface area (Å²) in [4.78, 5) is 0.484. The number of nitrogens with zero attached hydrogens (tertiary/aromatic N) is 2. The van der Waals surface area contributed by atoms with Gasteiger partial charge in [-0.05, 0) is 11.3 Å². The Hall–Kier alpha value is -1.49. The number of aromatic nitrogens is 2. The van der Waals surface area contributed by atoms with Crippen LogP contribution >= 0.6 is 11.8 Å². The first-order valence-corrected chi connectivity index (χ1v) is 7.09. The van der Waals surface area contributed by atoms with E-state index in [1.54, 1.807) is 11.8 Å². The number of benzene rings is 1. The Morgan fingerprint density at radius 1 is 1.28 bits per heavy atom. The summed E-state index contributed by atoms with van der Waals surface area (Å²) in [5.41, 5.74) is 1.35. The van der Waals surface area contributed by atoms with Crippen molar-refractivity contribution < 1.29 is 9.53 Å². The molecule has 1 aromatic carbocycles. The van der Waals surface area contributed by atoms with Crippen LogP contribution in [0, 0.1) is 5.21 Å². The lowest BCUT2D eigenvalue weighted by Gasteiger charge is -1.98. The monoisotopic (exact) mass is 264 g/mol. The molecule has 0 aliphatic carbocycles. The highest BCUT2D eigenvalue weighted by atomic mass is 32.2. The van der Waals surface area contributed by atoms with Gasteiger partial charge in [0.1, 0.15) is 0 Å². The van der Waals surface area contributed by atoms with Crippen molar-refractivity contribution in [1.29, 1.82) is 0 Å². The Kier molecular flexibility index (Phi) is 4.64. The SMILES string of the molecule is CCCCCSc1no[n+]([O-])c1-c1ccccc1. The van der Waals surface area contributed by atoms with E-state index in [0.717, 1.165) is 17.7 Å². The van der Waals surface area contributed by atoms with Gasteiger partial charge in [0.05, 0.1) is 5.16 Å². The van der Waals surface area contributed by atoms with Gasteiger partial charge < -0.3 is 5.21 Å². The first kappa shape index (κ1) is 13.0. The fraction of sp³-hybridized carbons (Fsp3) is 0.385. The first-order chi connectivity index (χ1) is 8.83. The van der Waals surface area contributed by atoms with Crippen LogP contribution in [0.2, 0.25) is 0 Å². The van der Waals surface area contributed by atoms with Crippen LogP contribution in [-0.2, 0) is 0 Å². The van der Waals surface area contributed by atoms with Gasteiger partial charge in [-0.15, -0.1) is 0 Å². The molecule has 2 rings (SSSR count). The van der Waals surface area contributed by atoms with E-state index in [9.17, 15) is 5.21 Å². The Morgan fingerprint density at radius 3 is 2.78 bits per heavy atom. The molecular weight excluding hydrogens is 248 g/mol. The third kappa shape index (κ3) is 3.04. The van der Waals surface area contributed by atoms with Crippen LogP contribution in [0.5, 0.6) is 0 Å². The topological polar surface area (TPSA) is 53.0 Å². The van der Waals surface area contributed by atoms with Gasteiger partial charge in [0.2, 0.25) is 5.69 Å². The zero-order valence-electron chi connectivity index (χ0n) is 10.3. The van der Waals surface area contributed by atoms with E-state index >= 15 is 0 Å². The van der Waals surface area contributed by atoms with E-state index in [4.69, 9.17) is 4.63 Å². The predicted octanol–water partition coefficient (Wildman–Crippen LogP) is 3.26. The zero-order valence-corrected chi connectivity index (χ0v) is 11.2. The normalized spacial score (nSPS) is 10.7. The van der Waals surface area contributed by atoms with E-state index in [2.05, 4.69) is 12.1 Å². The lowest BCUT2D eigenvalue weighted by Crippen LogP contribution is -2.25. The van der Waals surface area contributed by atoms with Crippen molar-refractivity contribution in [2.45, 2.75) is 31.2 Å². The Bertz CT molecular complexity index is 485. The Morgan fingerprint density at radius 2 is 2.06 bits per heavy atom. The van der Waals surface area contributed by atoms with Gasteiger partial charge in [0.25, 0.3) is 5.03 Å². The van der Waals surface area contributed by atoms with E-state index in [1.807, 2.05) is 30.3 Å². The Balaban J connectivity index is 2.12. The summed E-state index contributed by atoms with van der Waals surface area (Å²) in [7, 11) is 0. The molecular formula is C13H16N2O2S. The van der Waals surface area contributed by atoms with Gasteiger partial charge in [-0.3, -0.25) is 4.63 Å². The van der Waals surface area contributed by atoms with Crippen LogP contribution in [0.15, 0.2) is 40.0 Å². The fourth-order valence-corrected chi connectivity index (χ4v) is 2.63. The molecule has 0 spiro atoms. The van der Waals surface area contributed by atoms with E-state index in [-0.39, 0.29) is 0 Å². The van der Waals surface area contributed by atoms with Crippen LogP contribution in [-0.4, -0.2) is 10.9 Å². The van der Waals surface area contributed by atoms with Crippen LogP contribution in [0.25, 0.3) is 11.3 Å². The molecule has 0 radical (unpaired) electrons. The molecule has 0 amide bonds. The molecule has 1 aromatic heterocycles. The predicted molar refractivity (Wildman–Crippen MR) is 71.1 cm³/mol. The standard InChI is InChI=1S/C13H16N2O2S/c1-2-3-7-10-18-13-12(15(16)17-14-13)11-8-5-4-6-9-11/h4-6,8-9H,2-3,7,10H2,1H3. The number of rotatable bonds is 6. The second-order valence-corrected chi connectivity index (χ2v) is 5.09. The highest BCUT2D eigenvalue weighted by Gasteiger charge is 2.20. The molecule has 0 aliphatic rings. The average molecular weight is 264 g/mol. The van der Waals surface area contributed by atoms with Gasteiger partial charge in [0, 0.05) is 11.3 Å². The van der Waals surface area contributed by atoms with Crippen molar-refractivity contribution in [2.75, 3.05) is 5.75 Å². The van der Waals surface area contributed by atoms with Crippen molar-refractivity contribution in [1.82, 2.24) is 5.16 Å². The summed E-state index contributed by atoms with van der Waals surface area (Å²) in [6.07, 6.45) is 3.51. The van der Waals surface area contributed by atoms with E-state index in [1.165, 1.54) is 12.8 Å². The largest absolute Gasteiger partial charge is 0.359 e. The highest BCUT2D eigenvalue weighted by molar-refractivity contribution is 7.99. The number of thioether (sulfide) groups is 1. The third-order valence-corrected chi connectivity index (χ3v) is 3.65. The van der Waals surface area contributed by atoms with Crippen molar-refractivity contribution in [3.8, 4) is 11.3 Å². The molecule has 0 atom stereocenters. The first-order valence-electron chi connectivity index (χ1n) is 6.11. The van der Waals surface area contributed by atoms with Crippen LogP contribution in [0.4, 0.5) is 0 Å². The van der Waals surface area contributed by atoms with Crippen molar-refractivity contribution in [2.24, 2.45) is 0 Å². The maximum atomic E-state index is 11.6. The molecule has 18 heavy (non-hydrogen) atoms. The fourth-order valence-electron chi connectivity index (χ4n) is 1.68. The maximum absolute atomic E-state index is 11.6. The molecule has 2 aromatic rings. The molecule has 1 heterocycles. The van der Waals surface area contributed by atoms with Crippen molar-refractivity contribution in [3.05, 3.63) is 35.5 Å². The number of hydrogen-bond donors (Lipinski definition) is 0. The van der Waals surface area contributed by atoms with E-state index in [0.29, 0.717) is 15.6 Å². The van der Waals surface area contributed by atoms with Gasteiger partial charge >= 0.3 is 0 Å². The van der Waals surface area contributed by atoms with E-state index < -0.39 is 0 Å². The summed E-state index contributed by atoms with van der Waals surface area (Å²) in [5.74, 6) is 0.959. The Labute approximate surface area is 111 Å². The summed E-state index contributed by atoms with van der Waals surface area (Å²) < 4.78 is 4.70.